The number of carboxylic acid groups (broad SMARTS) is 1. The highest BCUT2D eigenvalue weighted by atomic mass is 35.5. The molecule has 2 aromatic rings. The molecular weight excluding hydrogens is 302 g/mol. The van der Waals surface area contributed by atoms with E-state index in [9.17, 15) is 14.9 Å². The second-order valence-electron chi connectivity index (χ2n) is 3.93. The first kappa shape index (κ1) is 14.7. The van der Waals surface area contributed by atoms with Crippen molar-refractivity contribution in [1.29, 1.82) is 0 Å². The summed E-state index contributed by atoms with van der Waals surface area (Å²) in [6.45, 7) is 1.46. The maximum atomic E-state index is 10.9. The summed E-state index contributed by atoms with van der Waals surface area (Å²) in [5, 5.41) is 20.0. The van der Waals surface area contributed by atoms with E-state index in [1.807, 2.05) is 0 Å². The van der Waals surface area contributed by atoms with Gasteiger partial charge in [-0.3, -0.25) is 10.1 Å². The van der Waals surface area contributed by atoms with Crippen molar-refractivity contribution in [2.75, 3.05) is 0 Å². The number of nitro groups is 1. The molecule has 0 unspecified atom stereocenters. The Kier molecular flexibility index (Phi) is 3.99. The summed E-state index contributed by atoms with van der Waals surface area (Å²) in [4.78, 5) is 28.7. The van der Waals surface area contributed by atoms with Crippen LogP contribution >= 0.6 is 11.6 Å². The minimum Gasteiger partial charge on any atom is -0.478 e. The number of hydrogen-bond donors (Lipinski definition) is 1. The molecular formula is C12H8ClN3O5. The molecule has 1 N–H and O–H groups in total. The second-order valence-corrected chi connectivity index (χ2v) is 4.36. The Morgan fingerprint density at radius 3 is 2.76 bits per heavy atom. The van der Waals surface area contributed by atoms with Crippen molar-refractivity contribution in [1.82, 2.24) is 9.97 Å². The Hall–Kier alpha value is -2.74. The summed E-state index contributed by atoms with van der Waals surface area (Å²) in [6.07, 6.45) is 1.07. The predicted octanol–water partition coefficient (Wildman–Crippen LogP) is 2.84. The lowest BCUT2D eigenvalue weighted by atomic mass is 10.2. The topological polar surface area (TPSA) is 115 Å². The number of aromatic nitrogens is 2. The standard InChI is InChI=1S/C12H8ClN3O5/c1-6-8(11(17)18)5-14-12(15-6)21-10-4-7(13)2-3-9(10)16(19)20/h2-5H,1H3,(H,17,18). The monoisotopic (exact) mass is 309 g/mol. The van der Waals surface area contributed by atoms with Crippen LogP contribution < -0.4 is 4.74 Å². The molecule has 8 nitrogen and oxygen atoms in total. The summed E-state index contributed by atoms with van der Waals surface area (Å²) >= 11 is 5.76. The van der Waals surface area contributed by atoms with Crippen molar-refractivity contribution in [3.05, 3.63) is 50.8 Å². The van der Waals surface area contributed by atoms with E-state index in [0.717, 1.165) is 6.20 Å². The van der Waals surface area contributed by atoms with Crippen molar-refractivity contribution in [2.45, 2.75) is 6.92 Å². The van der Waals surface area contributed by atoms with Gasteiger partial charge < -0.3 is 9.84 Å². The largest absolute Gasteiger partial charge is 0.478 e. The number of benzene rings is 1. The van der Waals surface area contributed by atoms with Crippen molar-refractivity contribution in [2.24, 2.45) is 0 Å². The van der Waals surface area contributed by atoms with Crippen molar-refractivity contribution in [3.8, 4) is 11.8 Å². The summed E-state index contributed by atoms with van der Waals surface area (Å²) in [5.74, 6) is -1.30. The zero-order chi connectivity index (χ0) is 15.6. The second kappa shape index (κ2) is 5.71. The SMILES string of the molecule is Cc1nc(Oc2cc(Cl)ccc2[N+](=O)[O-])ncc1C(=O)O. The van der Waals surface area contributed by atoms with Crippen LogP contribution in [0.3, 0.4) is 0 Å². The van der Waals surface area contributed by atoms with E-state index in [-0.39, 0.29) is 33.7 Å². The third kappa shape index (κ3) is 3.23. The third-order valence-corrected chi connectivity index (χ3v) is 2.74. The van der Waals surface area contributed by atoms with Crippen LogP contribution in [0.15, 0.2) is 24.4 Å². The number of hydrogen-bond acceptors (Lipinski definition) is 6. The molecule has 0 saturated carbocycles. The molecule has 0 amide bonds. The molecule has 0 fully saturated rings. The van der Waals surface area contributed by atoms with Gasteiger partial charge in [-0.15, -0.1) is 0 Å². The van der Waals surface area contributed by atoms with E-state index < -0.39 is 10.9 Å². The van der Waals surface area contributed by atoms with Crippen LogP contribution in [0, 0.1) is 17.0 Å². The van der Waals surface area contributed by atoms with Gasteiger partial charge in [0, 0.05) is 23.4 Å². The third-order valence-electron chi connectivity index (χ3n) is 2.51. The smallest absolute Gasteiger partial charge is 0.339 e. The van der Waals surface area contributed by atoms with Gasteiger partial charge in [-0.25, -0.2) is 9.78 Å². The first-order valence-electron chi connectivity index (χ1n) is 5.57. The number of aryl methyl sites for hydroxylation is 1. The molecule has 21 heavy (non-hydrogen) atoms. The maximum absolute atomic E-state index is 10.9. The van der Waals surface area contributed by atoms with Gasteiger partial charge in [-0.05, 0) is 13.0 Å². The molecule has 0 radical (unpaired) electrons. The summed E-state index contributed by atoms with van der Waals surface area (Å²) < 4.78 is 5.23. The van der Waals surface area contributed by atoms with Gasteiger partial charge in [-0.1, -0.05) is 11.6 Å². The van der Waals surface area contributed by atoms with Gasteiger partial charge in [-0.2, -0.15) is 4.98 Å². The van der Waals surface area contributed by atoms with Crippen LogP contribution in [0.25, 0.3) is 0 Å². The highest BCUT2D eigenvalue weighted by molar-refractivity contribution is 6.30. The molecule has 0 bridgehead atoms. The fourth-order valence-electron chi connectivity index (χ4n) is 1.52. The average Bonchev–Trinajstić information content (AvgIpc) is 2.37. The first-order chi connectivity index (χ1) is 9.88. The number of aromatic carboxylic acids is 1. The van der Waals surface area contributed by atoms with Crippen LogP contribution in [0.5, 0.6) is 11.8 Å². The molecule has 9 heteroatoms. The lowest BCUT2D eigenvalue weighted by Gasteiger charge is -2.06. The molecule has 1 aromatic carbocycles. The van der Waals surface area contributed by atoms with E-state index in [0.29, 0.717) is 0 Å². The highest BCUT2D eigenvalue weighted by Crippen LogP contribution is 2.32. The molecule has 0 aliphatic heterocycles. The number of nitro benzene ring substituents is 1. The van der Waals surface area contributed by atoms with E-state index >= 15 is 0 Å². The Morgan fingerprint density at radius 2 is 2.19 bits per heavy atom. The van der Waals surface area contributed by atoms with Crippen LogP contribution in [-0.4, -0.2) is 26.0 Å². The quantitative estimate of drug-likeness (QED) is 0.681. The molecule has 108 valence electrons. The first-order valence-corrected chi connectivity index (χ1v) is 5.95. The van der Waals surface area contributed by atoms with Gasteiger partial charge in [0.25, 0.3) is 0 Å². The van der Waals surface area contributed by atoms with E-state index in [2.05, 4.69) is 9.97 Å². The lowest BCUT2D eigenvalue weighted by Crippen LogP contribution is -2.04. The van der Waals surface area contributed by atoms with Gasteiger partial charge in [0.05, 0.1) is 16.2 Å². The predicted molar refractivity (Wildman–Crippen MR) is 71.9 cm³/mol. The number of carbonyl (C=O) groups is 1. The Labute approximate surface area is 123 Å². The van der Waals surface area contributed by atoms with Crippen molar-refractivity contribution >= 4 is 23.3 Å². The zero-order valence-electron chi connectivity index (χ0n) is 10.6. The van der Waals surface area contributed by atoms with Gasteiger partial charge in [0.15, 0.2) is 0 Å². The number of halogens is 1. The molecule has 0 atom stereocenters. The van der Waals surface area contributed by atoms with Crippen LogP contribution in [-0.2, 0) is 0 Å². The van der Waals surface area contributed by atoms with E-state index in [1.54, 1.807) is 0 Å². The molecule has 0 saturated heterocycles. The minimum absolute atomic E-state index is 0.0806. The highest BCUT2D eigenvalue weighted by Gasteiger charge is 2.18. The van der Waals surface area contributed by atoms with Gasteiger partial charge >= 0.3 is 17.7 Å². The Balaban J connectivity index is 2.38. The van der Waals surface area contributed by atoms with E-state index in [4.69, 9.17) is 21.4 Å². The van der Waals surface area contributed by atoms with Gasteiger partial charge in [0.2, 0.25) is 5.75 Å². The molecule has 0 aliphatic rings. The number of rotatable bonds is 4. The molecule has 0 aliphatic carbocycles. The number of nitrogens with zero attached hydrogens (tertiary/aromatic N) is 3. The fraction of sp³-hybridized carbons (Fsp3) is 0.0833. The molecule has 2 rings (SSSR count). The number of carboxylic acids is 1. The average molecular weight is 310 g/mol. The molecule has 1 aromatic heterocycles. The Morgan fingerprint density at radius 1 is 1.48 bits per heavy atom. The fourth-order valence-corrected chi connectivity index (χ4v) is 1.69. The lowest BCUT2D eigenvalue weighted by molar-refractivity contribution is -0.385. The van der Waals surface area contributed by atoms with Gasteiger partial charge in [0.1, 0.15) is 0 Å². The molecule has 0 spiro atoms. The maximum Gasteiger partial charge on any atom is 0.339 e. The zero-order valence-corrected chi connectivity index (χ0v) is 11.4. The number of ether oxygens (including phenoxy) is 1. The normalized spacial score (nSPS) is 10.2. The summed E-state index contributed by atoms with van der Waals surface area (Å²) in [6, 6.07) is 3.59. The molecule has 1 heterocycles. The van der Waals surface area contributed by atoms with Crippen LogP contribution in [0.1, 0.15) is 16.1 Å². The van der Waals surface area contributed by atoms with Crippen molar-refractivity contribution in [3.63, 3.8) is 0 Å². The van der Waals surface area contributed by atoms with E-state index in [1.165, 1.54) is 25.1 Å². The summed E-state index contributed by atoms with van der Waals surface area (Å²) in [5.41, 5.74) is -0.205. The van der Waals surface area contributed by atoms with Crippen LogP contribution in [0.4, 0.5) is 5.69 Å². The summed E-state index contributed by atoms with van der Waals surface area (Å²) in [7, 11) is 0. The Bertz CT molecular complexity index is 735. The van der Waals surface area contributed by atoms with Crippen LogP contribution in [0.2, 0.25) is 5.02 Å². The minimum atomic E-state index is -1.17. The van der Waals surface area contributed by atoms with Crippen molar-refractivity contribution < 1.29 is 19.6 Å².